The van der Waals surface area contributed by atoms with Gasteiger partial charge < -0.3 is 15.2 Å². The highest BCUT2D eigenvalue weighted by molar-refractivity contribution is 5.96. The first-order valence-corrected chi connectivity index (χ1v) is 8.48. The minimum Gasteiger partial charge on any atom is -0.490 e. The van der Waals surface area contributed by atoms with E-state index in [-0.39, 0.29) is 18.6 Å². The summed E-state index contributed by atoms with van der Waals surface area (Å²) in [6, 6.07) is 17.0. The molecule has 0 spiro atoms. The minimum absolute atomic E-state index is 0.211. The third-order valence-electron chi connectivity index (χ3n) is 4.29. The van der Waals surface area contributed by atoms with Crippen LogP contribution in [-0.4, -0.2) is 29.8 Å². The van der Waals surface area contributed by atoms with Gasteiger partial charge in [-0.15, -0.1) is 0 Å². The number of ether oxygens (including phenoxy) is 1. The smallest absolute Gasteiger partial charge is 0.255 e. The highest BCUT2D eigenvalue weighted by Crippen LogP contribution is 2.27. The highest BCUT2D eigenvalue weighted by Gasteiger charge is 2.22. The van der Waals surface area contributed by atoms with Crippen molar-refractivity contribution in [3.63, 3.8) is 0 Å². The van der Waals surface area contributed by atoms with E-state index in [1.165, 1.54) is 6.42 Å². The largest absolute Gasteiger partial charge is 0.490 e. The quantitative estimate of drug-likeness (QED) is 0.823. The topological polar surface area (TPSA) is 58.6 Å². The van der Waals surface area contributed by atoms with Crippen LogP contribution in [0.25, 0.3) is 0 Å². The molecule has 0 radical (unpaired) electrons. The van der Waals surface area contributed by atoms with Crippen LogP contribution >= 0.6 is 0 Å². The Morgan fingerprint density at radius 1 is 1.12 bits per heavy atom. The molecule has 4 heteroatoms. The molecule has 1 fully saturated rings. The number of nitrogens with one attached hydrogen (secondary N) is 1. The van der Waals surface area contributed by atoms with Gasteiger partial charge in [-0.3, -0.25) is 4.79 Å². The summed E-state index contributed by atoms with van der Waals surface area (Å²) in [5.74, 6) is 0.411. The molecule has 1 amide bonds. The molecule has 0 aliphatic heterocycles. The second-order valence-electron chi connectivity index (χ2n) is 6.22. The average Bonchev–Trinajstić information content (AvgIpc) is 2.57. The molecule has 0 saturated heterocycles. The zero-order valence-corrected chi connectivity index (χ0v) is 13.7. The molecule has 0 heterocycles. The standard InChI is InChI=1S/C20H23NO3/c22-16(13-15-7-2-1-3-8-15)14-21-20(23)18-11-4-5-12-19(18)24-17-9-6-10-17/h1-5,7-8,11-12,16-17,22H,6,9-10,13-14H2,(H,21,23). The normalized spacial score (nSPS) is 15.4. The average molecular weight is 325 g/mol. The lowest BCUT2D eigenvalue weighted by atomic mass is 9.96. The molecule has 126 valence electrons. The first-order chi connectivity index (χ1) is 11.7. The fraction of sp³-hybridized carbons (Fsp3) is 0.350. The summed E-state index contributed by atoms with van der Waals surface area (Å²) in [5.41, 5.74) is 1.57. The maximum atomic E-state index is 12.4. The van der Waals surface area contributed by atoms with E-state index in [0.29, 0.717) is 17.7 Å². The van der Waals surface area contributed by atoms with Gasteiger partial charge in [0.25, 0.3) is 5.91 Å². The summed E-state index contributed by atoms with van der Waals surface area (Å²) in [4.78, 5) is 12.4. The van der Waals surface area contributed by atoms with E-state index in [1.807, 2.05) is 48.5 Å². The van der Waals surface area contributed by atoms with Gasteiger partial charge in [-0.1, -0.05) is 42.5 Å². The summed E-state index contributed by atoms with van der Waals surface area (Å²) < 4.78 is 5.88. The number of carbonyl (C=O) groups excluding carboxylic acids is 1. The summed E-state index contributed by atoms with van der Waals surface area (Å²) >= 11 is 0. The maximum absolute atomic E-state index is 12.4. The van der Waals surface area contributed by atoms with Gasteiger partial charge in [-0.05, 0) is 37.0 Å². The first-order valence-electron chi connectivity index (χ1n) is 8.48. The number of benzene rings is 2. The number of hydrogen-bond donors (Lipinski definition) is 2. The van der Waals surface area contributed by atoms with Crippen molar-refractivity contribution in [3.8, 4) is 5.75 Å². The van der Waals surface area contributed by atoms with E-state index in [4.69, 9.17) is 4.74 Å². The summed E-state index contributed by atoms with van der Waals surface area (Å²) in [5, 5.41) is 12.9. The van der Waals surface area contributed by atoms with Gasteiger partial charge in [0, 0.05) is 13.0 Å². The maximum Gasteiger partial charge on any atom is 0.255 e. The highest BCUT2D eigenvalue weighted by atomic mass is 16.5. The number of aliphatic hydroxyl groups is 1. The molecule has 24 heavy (non-hydrogen) atoms. The van der Waals surface area contributed by atoms with E-state index in [0.717, 1.165) is 18.4 Å². The van der Waals surface area contributed by atoms with Gasteiger partial charge >= 0.3 is 0 Å². The Morgan fingerprint density at radius 3 is 2.54 bits per heavy atom. The van der Waals surface area contributed by atoms with Crippen molar-refractivity contribution in [2.45, 2.75) is 37.9 Å². The second kappa shape index (κ2) is 7.97. The predicted octanol–water partition coefficient (Wildman–Crippen LogP) is 2.95. The van der Waals surface area contributed by atoms with E-state index in [9.17, 15) is 9.90 Å². The number of hydrogen-bond acceptors (Lipinski definition) is 3. The van der Waals surface area contributed by atoms with Crippen LogP contribution < -0.4 is 10.1 Å². The summed E-state index contributed by atoms with van der Waals surface area (Å²) in [7, 11) is 0. The summed E-state index contributed by atoms with van der Waals surface area (Å²) in [6.07, 6.45) is 3.41. The fourth-order valence-corrected chi connectivity index (χ4v) is 2.69. The Kier molecular flexibility index (Phi) is 5.49. The van der Waals surface area contributed by atoms with Crippen molar-refractivity contribution in [2.24, 2.45) is 0 Å². The van der Waals surface area contributed by atoms with Crippen LogP contribution in [-0.2, 0) is 6.42 Å². The molecular formula is C20H23NO3. The van der Waals surface area contributed by atoms with Crippen LogP contribution in [0, 0.1) is 0 Å². The summed E-state index contributed by atoms with van der Waals surface area (Å²) in [6.45, 7) is 0.214. The second-order valence-corrected chi connectivity index (χ2v) is 6.22. The third kappa shape index (κ3) is 4.36. The fourth-order valence-electron chi connectivity index (χ4n) is 2.69. The van der Waals surface area contributed by atoms with Crippen LogP contribution in [0.15, 0.2) is 54.6 Å². The van der Waals surface area contributed by atoms with Crippen molar-refractivity contribution in [2.75, 3.05) is 6.54 Å². The van der Waals surface area contributed by atoms with Crippen molar-refractivity contribution in [1.29, 1.82) is 0 Å². The molecule has 4 nitrogen and oxygen atoms in total. The van der Waals surface area contributed by atoms with Gasteiger partial charge in [0.05, 0.1) is 17.8 Å². The minimum atomic E-state index is -0.615. The van der Waals surface area contributed by atoms with Gasteiger partial charge in [0.1, 0.15) is 5.75 Å². The number of carbonyl (C=O) groups is 1. The zero-order chi connectivity index (χ0) is 16.8. The SMILES string of the molecule is O=C(NCC(O)Cc1ccccc1)c1ccccc1OC1CCC1. The molecular weight excluding hydrogens is 302 g/mol. The molecule has 0 bridgehead atoms. The van der Waals surface area contributed by atoms with E-state index >= 15 is 0 Å². The van der Waals surface area contributed by atoms with E-state index in [1.54, 1.807) is 6.07 Å². The Labute approximate surface area is 142 Å². The van der Waals surface area contributed by atoms with E-state index in [2.05, 4.69) is 5.32 Å². The molecule has 1 saturated carbocycles. The molecule has 2 aromatic carbocycles. The Morgan fingerprint density at radius 2 is 1.83 bits per heavy atom. The Balaban J connectivity index is 1.54. The third-order valence-corrected chi connectivity index (χ3v) is 4.29. The van der Waals surface area contributed by atoms with Crippen LogP contribution in [0.1, 0.15) is 35.2 Å². The van der Waals surface area contributed by atoms with Gasteiger partial charge in [-0.25, -0.2) is 0 Å². The van der Waals surface area contributed by atoms with Crippen LogP contribution in [0.4, 0.5) is 0 Å². The van der Waals surface area contributed by atoms with Gasteiger partial charge in [0.15, 0.2) is 0 Å². The van der Waals surface area contributed by atoms with Crippen molar-refractivity contribution < 1.29 is 14.6 Å². The lowest BCUT2D eigenvalue weighted by Crippen LogP contribution is -2.34. The lowest BCUT2D eigenvalue weighted by Gasteiger charge is -2.27. The number of aliphatic hydroxyl groups excluding tert-OH is 1. The van der Waals surface area contributed by atoms with Crippen LogP contribution in [0.3, 0.4) is 0 Å². The van der Waals surface area contributed by atoms with E-state index < -0.39 is 6.10 Å². The number of para-hydroxylation sites is 1. The van der Waals surface area contributed by atoms with Crippen molar-refractivity contribution in [1.82, 2.24) is 5.32 Å². The molecule has 2 N–H and O–H groups in total. The van der Waals surface area contributed by atoms with Crippen molar-refractivity contribution in [3.05, 3.63) is 65.7 Å². The first kappa shape index (κ1) is 16.5. The molecule has 2 aromatic rings. The molecule has 1 aliphatic carbocycles. The molecule has 0 aromatic heterocycles. The monoisotopic (exact) mass is 325 g/mol. The molecule has 1 aliphatic rings. The lowest BCUT2D eigenvalue weighted by molar-refractivity contribution is 0.0893. The Hall–Kier alpha value is -2.33. The van der Waals surface area contributed by atoms with Crippen molar-refractivity contribution >= 4 is 5.91 Å². The van der Waals surface area contributed by atoms with Gasteiger partial charge in [0.2, 0.25) is 0 Å². The number of rotatable bonds is 7. The van der Waals surface area contributed by atoms with Crippen LogP contribution in [0.5, 0.6) is 5.75 Å². The zero-order valence-electron chi connectivity index (χ0n) is 13.7. The van der Waals surface area contributed by atoms with Crippen LogP contribution in [0.2, 0.25) is 0 Å². The molecule has 3 rings (SSSR count). The molecule has 1 atom stereocenters. The predicted molar refractivity (Wildman–Crippen MR) is 93.2 cm³/mol. The molecule has 1 unspecified atom stereocenters. The Bertz CT molecular complexity index is 668. The van der Waals surface area contributed by atoms with Gasteiger partial charge in [-0.2, -0.15) is 0 Å². The number of amides is 1.